The minimum absolute atomic E-state index is 0.00464. The van der Waals surface area contributed by atoms with E-state index < -0.39 is 5.91 Å². The van der Waals surface area contributed by atoms with Crippen LogP contribution in [0.15, 0.2) is 60.7 Å². The Morgan fingerprint density at radius 1 is 0.923 bits per heavy atom. The van der Waals surface area contributed by atoms with E-state index in [0.29, 0.717) is 5.82 Å². The third kappa shape index (κ3) is 3.32. The van der Waals surface area contributed by atoms with Crippen LogP contribution in [0.3, 0.4) is 0 Å². The second-order valence-electron chi connectivity index (χ2n) is 6.09. The van der Waals surface area contributed by atoms with E-state index >= 15 is 0 Å². The van der Waals surface area contributed by atoms with Crippen LogP contribution < -0.4 is 10.9 Å². The maximum atomic E-state index is 12.4. The lowest BCUT2D eigenvalue weighted by Gasteiger charge is -2.05. The van der Waals surface area contributed by atoms with Crippen LogP contribution in [0.5, 0.6) is 0 Å². The van der Waals surface area contributed by atoms with Crippen LogP contribution >= 0.6 is 0 Å². The molecule has 1 aliphatic rings. The van der Waals surface area contributed by atoms with Gasteiger partial charge >= 0.3 is 5.91 Å². The Morgan fingerprint density at radius 3 is 2.23 bits per heavy atom. The molecule has 1 heterocycles. The van der Waals surface area contributed by atoms with Crippen molar-refractivity contribution in [2.24, 2.45) is 5.92 Å². The second-order valence-corrected chi connectivity index (χ2v) is 6.09. The molecule has 7 heteroatoms. The van der Waals surface area contributed by atoms with E-state index in [9.17, 15) is 9.59 Å². The Hall–Kier alpha value is -3.48. The van der Waals surface area contributed by atoms with Crippen molar-refractivity contribution in [3.05, 3.63) is 66.5 Å². The van der Waals surface area contributed by atoms with Gasteiger partial charge in [0.1, 0.15) is 0 Å². The molecule has 0 aliphatic heterocycles. The van der Waals surface area contributed by atoms with Crippen LogP contribution in [-0.2, 0) is 4.79 Å². The predicted molar refractivity (Wildman–Crippen MR) is 95.1 cm³/mol. The number of para-hydroxylation sites is 1. The molecule has 1 aromatic heterocycles. The minimum Gasteiger partial charge on any atom is -0.273 e. The highest BCUT2D eigenvalue weighted by atomic mass is 16.2. The molecule has 0 unspecified atom stereocenters. The molecule has 130 valence electrons. The highest BCUT2D eigenvalue weighted by Crippen LogP contribution is 2.28. The molecule has 0 spiro atoms. The van der Waals surface area contributed by atoms with Crippen molar-refractivity contribution in [1.82, 2.24) is 25.6 Å². The van der Waals surface area contributed by atoms with Gasteiger partial charge in [0.25, 0.3) is 0 Å². The highest BCUT2D eigenvalue weighted by molar-refractivity contribution is 5.93. The van der Waals surface area contributed by atoms with E-state index in [4.69, 9.17) is 0 Å². The van der Waals surface area contributed by atoms with Gasteiger partial charge in [0.05, 0.1) is 5.69 Å². The monoisotopic (exact) mass is 347 g/mol. The number of nitrogens with one attached hydrogen (secondary N) is 2. The second kappa shape index (κ2) is 6.79. The topological polar surface area (TPSA) is 88.9 Å². The van der Waals surface area contributed by atoms with Crippen molar-refractivity contribution in [3.8, 4) is 17.1 Å². The largest absolute Gasteiger partial charge is 0.309 e. The Balaban J connectivity index is 1.64. The average molecular weight is 347 g/mol. The standard InChI is InChI=1S/C19H17N5O2/c25-18(14-11-12-14)21-22-19(26)16-20-17(13-7-3-1-4-8-13)24(23-16)15-9-5-2-6-10-15/h1-10,14H,11-12H2,(H,21,25)(H,22,26). The van der Waals surface area contributed by atoms with Gasteiger partial charge in [0.15, 0.2) is 5.82 Å². The molecule has 4 rings (SSSR count). The maximum Gasteiger partial charge on any atom is 0.309 e. The Kier molecular flexibility index (Phi) is 4.18. The van der Waals surface area contributed by atoms with Crippen LogP contribution in [0, 0.1) is 5.92 Å². The molecule has 1 aliphatic carbocycles. The first-order valence-electron chi connectivity index (χ1n) is 8.40. The van der Waals surface area contributed by atoms with Gasteiger partial charge in [-0.2, -0.15) is 0 Å². The fourth-order valence-corrected chi connectivity index (χ4v) is 2.55. The first-order valence-corrected chi connectivity index (χ1v) is 8.40. The van der Waals surface area contributed by atoms with E-state index in [0.717, 1.165) is 24.1 Å². The normalized spacial score (nSPS) is 13.2. The zero-order valence-corrected chi connectivity index (χ0v) is 13.9. The smallest absolute Gasteiger partial charge is 0.273 e. The molecule has 1 saturated carbocycles. The minimum atomic E-state index is -0.550. The molecule has 2 amide bonds. The zero-order chi connectivity index (χ0) is 17.9. The number of carbonyl (C=O) groups is 2. The summed E-state index contributed by atoms with van der Waals surface area (Å²) in [5.41, 5.74) is 6.44. The first-order chi connectivity index (χ1) is 12.7. The molecule has 0 bridgehead atoms. The summed E-state index contributed by atoms with van der Waals surface area (Å²) in [7, 11) is 0. The van der Waals surface area contributed by atoms with E-state index in [1.165, 1.54) is 0 Å². The molecule has 0 atom stereocenters. The summed E-state index contributed by atoms with van der Waals surface area (Å²) in [5, 5.41) is 4.34. The number of benzene rings is 2. The van der Waals surface area contributed by atoms with Crippen LogP contribution in [0.25, 0.3) is 17.1 Å². The number of amides is 2. The van der Waals surface area contributed by atoms with Crippen molar-refractivity contribution in [2.45, 2.75) is 12.8 Å². The lowest BCUT2D eigenvalue weighted by atomic mass is 10.2. The molecular formula is C19H17N5O2. The van der Waals surface area contributed by atoms with Gasteiger partial charge in [-0.1, -0.05) is 48.5 Å². The van der Waals surface area contributed by atoms with Gasteiger partial charge in [0, 0.05) is 11.5 Å². The van der Waals surface area contributed by atoms with Gasteiger partial charge in [-0.3, -0.25) is 20.4 Å². The molecule has 2 aromatic carbocycles. The van der Waals surface area contributed by atoms with Gasteiger partial charge in [-0.25, -0.2) is 9.67 Å². The summed E-state index contributed by atoms with van der Waals surface area (Å²) in [6.45, 7) is 0. The quantitative estimate of drug-likeness (QED) is 0.708. The summed E-state index contributed by atoms with van der Waals surface area (Å²) in [6, 6.07) is 19.0. The number of aromatic nitrogens is 3. The summed E-state index contributed by atoms with van der Waals surface area (Å²) in [5.74, 6) is -0.181. The number of hydrogen-bond acceptors (Lipinski definition) is 4. The summed E-state index contributed by atoms with van der Waals surface area (Å²) in [6.07, 6.45) is 1.72. The molecule has 2 N–H and O–H groups in total. The van der Waals surface area contributed by atoms with Crippen LogP contribution in [-0.4, -0.2) is 26.6 Å². The number of hydrogen-bond donors (Lipinski definition) is 2. The summed E-state index contributed by atoms with van der Waals surface area (Å²) < 4.78 is 1.62. The predicted octanol–water partition coefficient (Wildman–Crippen LogP) is 2.11. The Morgan fingerprint density at radius 2 is 1.58 bits per heavy atom. The number of rotatable bonds is 4. The van der Waals surface area contributed by atoms with Gasteiger partial charge < -0.3 is 0 Å². The lowest BCUT2D eigenvalue weighted by molar-refractivity contribution is -0.123. The molecule has 26 heavy (non-hydrogen) atoms. The molecular weight excluding hydrogens is 330 g/mol. The van der Waals surface area contributed by atoms with Crippen LogP contribution in [0.1, 0.15) is 23.5 Å². The average Bonchev–Trinajstić information content (AvgIpc) is 3.45. The van der Waals surface area contributed by atoms with E-state index in [1.807, 2.05) is 60.7 Å². The van der Waals surface area contributed by atoms with E-state index in [1.54, 1.807) is 4.68 Å². The Labute approximate surface area is 150 Å². The molecule has 0 radical (unpaired) electrons. The van der Waals surface area contributed by atoms with E-state index in [2.05, 4.69) is 20.9 Å². The van der Waals surface area contributed by atoms with Crippen molar-refractivity contribution in [3.63, 3.8) is 0 Å². The summed E-state index contributed by atoms with van der Waals surface area (Å²) in [4.78, 5) is 28.4. The number of nitrogens with zero attached hydrogens (tertiary/aromatic N) is 3. The number of carbonyl (C=O) groups excluding carboxylic acids is 2. The third-order valence-electron chi connectivity index (χ3n) is 4.09. The zero-order valence-electron chi connectivity index (χ0n) is 13.9. The first kappa shape index (κ1) is 16.0. The van der Waals surface area contributed by atoms with Gasteiger partial charge in [-0.15, -0.1) is 5.10 Å². The Bertz CT molecular complexity index is 876. The van der Waals surface area contributed by atoms with Gasteiger partial charge in [-0.05, 0) is 25.0 Å². The molecule has 7 nitrogen and oxygen atoms in total. The van der Waals surface area contributed by atoms with Crippen molar-refractivity contribution in [2.75, 3.05) is 0 Å². The van der Waals surface area contributed by atoms with E-state index in [-0.39, 0.29) is 17.6 Å². The highest BCUT2D eigenvalue weighted by Gasteiger charge is 2.30. The summed E-state index contributed by atoms with van der Waals surface area (Å²) >= 11 is 0. The van der Waals surface area contributed by atoms with Gasteiger partial charge in [0.2, 0.25) is 11.7 Å². The van der Waals surface area contributed by atoms with Crippen molar-refractivity contribution >= 4 is 11.8 Å². The third-order valence-corrected chi connectivity index (χ3v) is 4.09. The van der Waals surface area contributed by atoms with Crippen molar-refractivity contribution in [1.29, 1.82) is 0 Å². The fraction of sp³-hybridized carbons (Fsp3) is 0.158. The van der Waals surface area contributed by atoms with Crippen LogP contribution in [0.2, 0.25) is 0 Å². The molecule has 1 fully saturated rings. The SMILES string of the molecule is O=C(NNC(=O)C1CC1)c1nc(-c2ccccc2)n(-c2ccccc2)n1. The fourth-order valence-electron chi connectivity index (χ4n) is 2.55. The number of hydrazine groups is 1. The molecule has 0 saturated heterocycles. The maximum absolute atomic E-state index is 12.4. The lowest BCUT2D eigenvalue weighted by Crippen LogP contribution is -2.42. The molecule has 3 aromatic rings. The van der Waals surface area contributed by atoms with Crippen LogP contribution in [0.4, 0.5) is 0 Å². The van der Waals surface area contributed by atoms with Crippen molar-refractivity contribution < 1.29 is 9.59 Å².